The van der Waals surface area contributed by atoms with Crippen LogP contribution in [-0.4, -0.2) is 31.9 Å². The number of sulfonamides is 1. The summed E-state index contributed by atoms with van der Waals surface area (Å²) in [5.74, 6) is -2.45. The minimum atomic E-state index is -3.52. The summed E-state index contributed by atoms with van der Waals surface area (Å²) in [6, 6.07) is 5.71. The van der Waals surface area contributed by atoms with Crippen LogP contribution < -0.4 is 10.0 Å². The zero-order valence-corrected chi connectivity index (χ0v) is 12.2. The molecule has 1 fully saturated rings. The number of hydrogen-bond donors (Lipinski definition) is 3. The molecule has 0 aromatic heterocycles. The van der Waals surface area contributed by atoms with Crippen molar-refractivity contribution in [2.75, 3.05) is 11.9 Å². The van der Waals surface area contributed by atoms with E-state index in [0.717, 1.165) is 0 Å². The van der Waals surface area contributed by atoms with Gasteiger partial charge in [-0.05, 0) is 30.7 Å². The summed E-state index contributed by atoms with van der Waals surface area (Å²) >= 11 is 0. The molecular formula is C13H16N2O5S. The van der Waals surface area contributed by atoms with Gasteiger partial charge in [0, 0.05) is 12.2 Å². The van der Waals surface area contributed by atoms with Crippen molar-refractivity contribution in [2.45, 2.75) is 18.2 Å². The van der Waals surface area contributed by atoms with Gasteiger partial charge in [0.25, 0.3) is 0 Å². The van der Waals surface area contributed by atoms with Gasteiger partial charge in [-0.3, -0.25) is 9.59 Å². The molecule has 0 aliphatic heterocycles. The Morgan fingerprint density at radius 3 is 2.33 bits per heavy atom. The summed E-state index contributed by atoms with van der Waals surface area (Å²) in [4.78, 5) is 22.6. The van der Waals surface area contributed by atoms with E-state index in [1.807, 2.05) is 0 Å². The SMILES string of the molecule is CCNS(=O)(=O)c1ccc(NC(=O)C2CC2C(=O)O)cc1. The Balaban J connectivity index is 2.00. The number of carboxylic acid groups (broad SMARTS) is 1. The second-order valence-electron chi connectivity index (χ2n) is 4.80. The second-order valence-corrected chi connectivity index (χ2v) is 6.57. The number of amides is 1. The van der Waals surface area contributed by atoms with Crippen LogP contribution in [0.5, 0.6) is 0 Å². The fourth-order valence-corrected chi connectivity index (χ4v) is 3.02. The summed E-state index contributed by atoms with van der Waals surface area (Å²) in [5.41, 5.74) is 0.437. The molecule has 1 aromatic carbocycles. The molecule has 0 spiro atoms. The molecule has 8 heteroatoms. The highest BCUT2D eigenvalue weighted by molar-refractivity contribution is 7.89. The standard InChI is InChI=1S/C13H16N2O5S/c1-2-14-21(19,20)9-5-3-8(4-6-9)15-12(16)10-7-11(10)13(17)18/h3-6,10-11,14H,2,7H2,1H3,(H,15,16)(H,17,18). The molecule has 2 unspecified atom stereocenters. The van der Waals surface area contributed by atoms with Crippen LogP contribution in [0.3, 0.4) is 0 Å². The second kappa shape index (κ2) is 5.82. The molecule has 1 aliphatic carbocycles. The number of carboxylic acids is 1. The van der Waals surface area contributed by atoms with E-state index in [0.29, 0.717) is 18.7 Å². The fourth-order valence-electron chi connectivity index (χ4n) is 1.98. The largest absolute Gasteiger partial charge is 0.481 e. The lowest BCUT2D eigenvalue weighted by atomic mass is 10.2. The third kappa shape index (κ3) is 3.59. The predicted octanol–water partition coefficient (Wildman–Crippen LogP) is 0.644. The van der Waals surface area contributed by atoms with Crippen LogP contribution in [0.4, 0.5) is 5.69 Å². The van der Waals surface area contributed by atoms with Crippen molar-refractivity contribution in [3.63, 3.8) is 0 Å². The Labute approximate surface area is 122 Å². The molecule has 2 rings (SSSR count). The van der Waals surface area contributed by atoms with E-state index >= 15 is 0 Å². The van der Waals surface area contributed by atoms with Crippen molar-refractivity contribution in [1.29, 1.82) is 0 Å². The van der Waals surface area contributed by atoms with Gasteiger partial charge >= 0.3 is 5.97 Å². The zero-order valence-electron chi connectivity index (χ0n) is 11.4. The van der Waals surface area contributed by atoms with Crippen molar-refractivity contribution in [2.24, 2.45) is 11.8 Å². The number of carbonyl (C=O) groups is 2. The van der Waals surface area contributed by atoms with Gasteiger partial charge in [0.1, 0.15) is 0 Å². The number of carbonyl (C=O) groups excluding carboxylic acids is 1. The minimum Gasteiger partial charge on any atom is -0.481 e. The van der Waals surface area contributed by atoms with Crippen molar-refractivity contribution in [1.82, 2.24) is 4.72 Å². The Bertz CT molecular complexity index is 654. The highest BCUT2D eigenvalue weighted by Crippen LogP contribution is 2.39. The Kier molecular flexibility index (Phi) is 4.29. The minimum absolute atomic E-state index is 0.109. The number of nitrogens with one attached hydrogen (secondary N) is 2. The van der Waals surface area contributed by atoms with Crippen LogP contribution in [0.1, 0.15) is 13.3 Å². The first kappa shape index (κ1) is 15.5. The van der Waals surface area contributed by atoms with Crippen molar-refractivity contribution < 1.29 is 23.1 Å². The lowest BCUT2D eigenvalue weighted by Gasteiger charge is -2.07. The van der Waals surface area contributed by atoms with E-state index in [-0.39, 0.29) is 10.8 Å². The predicted molar refractivity (Wildman–Crippen MR) is 75.2 cm³/mol. The normalized spacial score (nSPS) is 20.8. The fraction of sp³-hybridized carbons (Fsp3) is 0.385. The van der Waals surface area contributed by atoms with Crippen molar-refractivity contribution in [3.05, 3.63) is 24.3 Å². The summed E-state index contributed by atoms with van der Waals surface area (Å²) in [6.07, 6.45) is 0.341. The molecule has 1 aliphatic rings. The third-order valence-electron chi connectivity index (χ3n) is 3.21. The average Bonchev–Trinajstić information content (AvgIpc) is 3.19. The van der Waals surface area contributed by atoms with Crippen LogP contribution in [0, 0.1) is 11.8 Å². The van der Waals surface area contributed by atoms with E-state index < -0.39 is 27.8 Å². The van der Waals surface area contributed by atoms with E-state index in [2.05, 4.69) is 10.0 Å². The number of benzene rings is 1. The number of rotatable bonds is 6. The molecule has 21 heavy (non-hydrogen) atoms. The average molecular weight is 312 g/mol. The molecule has 3 N–H and O–H groups in total. The van der Waals surface area contributed by atoms with Gasteiger partial charge in [0.05, 0.1) is 16.7 Å². The Morgan fingerprint density at radius 1 is 1.24 bits per heavy atom. The van der Waals surface area contributed by atoms with Gasteiger partial charge in [-0.2, -0.15) is 0 Å². The van der Waals surface area contributed by atoms with E-state index in [9.17, 15) is 18.0 Å². The maximum Gasteiger partial charge on any atom is 0.307 e. The smallest absolute Gasteiger partial charge is 0.307 e. The monoisotopic (exact) mass is 312 g/mol. The number of aliphatic carboxylic acids is 1. The maximum atomic E-state index is 11.8. The van der Waals surface area contributed by atoms with E-state index in [1.54, 1.807) is 6.92 Å². The van der Waals surface area contributed by atoms with Gasteiger partial charge in [-0.15, -0.1) is 0 Å². The highest BCUT2D eigenvalue weighted by atomic mass is 32.2. The zero-order chi connectivity index (χ0) is 15.6. The molecular weight excluding hydrogens is 296 g/mol. The summed E-state index contributed by atoms with van der Waals surface area (Å²) in [6.45, 7) is 1.97. The van der Waals surface area contributed by atoms with Crippen LogP contribution in [0.25, 0.3) is 0 Å². The lowest BCUT2D eigenvalue weighted by molar-refractivity contribution is -0.139. The van der Waals surface area contributed by atoms with Gasteiger partial charge < -0.3 is 10.4 Å². The first-order valence-corrected chi connectivity index (χ1v) is 7.97. The molecule has 1 amide bonds. The maximum absolute atomic E-state index is 11.8. The van der Waals surface area contributed by atoms with Crippen LogP contribution in [0.15, 0.2) is 29.2 Å². The molecule has 1 aromatic rings. The molecule has 0 radical (unpaired) electrons. The molecule has 0 heterocycles. The third-order valence-corrected chi connectivity index (χ3v) is 4.77. The van der Waals surface area contributed by atoms with Gasteiger partial charge in [0.2, 0.25) is 15.9 Å². The van der Waals surface area contributed by atoms with Crippen LogP contribution in [0.2, 0.25) is 0 Å². The molecule has 0 bridgehead atoms. The molecule has 1 saturated carbocycles. The number of hydrogen-bond acceptors (Lipinski definition) is 4. The lowest BCUT2D eigenvalue weighted by Crippen LogP contribution is -2.23. The summed E-state index contributed by atoms with van der Waals surface area (Å²) in [5, 5.41) is 11.3. The molecule has 0 saturated heterocycles. The number of anilines is 1. The Hall–Kier alpha value is -1.93. The quantitative estimate of drug-likeness (QED) is 0.713. The van der Waals surface area contributed by atoms with Gasteiger partial charge in [0.15, 0.2) is 0 Å². The first-order valence-electron chi connectivity index (χ1n) is 6.48. The van der Waals surface area contributed by atoms with Gasteiger partial charge in [-0.25, -0.2) is 13.1 Å². The van der Waals surface area contributed by atoms with Crippen LogP contribution >= 0.6 is 0 Å². The molecule has 7 nitrogen and oxygen atoms in total. The van der Waals surface area contributed by atoms with Crippen molar-refractivity contribution >= 4 is 27.6 Å². The van der Waals surface area contributed by atoms with Crippen LogP contribution in [-0.2, 0) is 19.6 Å². The molecule has 2 atom stereocenters. The molecule has 114 valence electrons. The van der Waals surface area contributed by atoms with E-state index in [1.165, 1.54) is 24.3 Å². The highest BCUT2D eigenvalue weighted by Gasteiger charge is 2.48. The topological polar surface area (TPSA) is 113 Å². The van der Waals surface area contributed by atoms with Crippen molar-refractivity contribution in [3.8, 4) is 0 Å². The van der Waals surface area contributed by atoms with E-state index in [4.69, 9.17) is 5.11 Å². The van der Waals surface area contributed by atoms with Gasteiger partial charge in [-0.1, -0.05) is 6.92 Å². The summed E-state index contributed by atoms with van der Waals surface area (Å²) in [7, 11) is -3.52. The summed E-state index contributed by atoms with van der Waals surface area (Å²) < 4.78 is 25.8. The first-order chi connectivity index (χ1) is 9.85. The Morgan fingerprint density at radius 2 is 1.86 bits per heavy atom.